The normalized spacial score (nSPS) is 14.7. The maximum absolute atomic E-state index is 5.23. The van der Waals surface area contributed by atoms with Gasteiger partial charge in [-0.1, -0.05) is 18.2 Å². The number of aromatic nitrogens is 2. The van der Waals surface area contributed by atoms with Crippen molar-refractivity contribution in [1.29, 1.82) is 0 Å². The van der Waals surface area contributed by atoms with Crippen molar-refractivity contribution in [2.45, 2.75) is 6.92 Å². The van der Waals surface area contributed by atoms with Crippen LogP contribution in [0.15, 0.2) is 30.3 Å². The van der Waals surface area contributed by atoms with Crippen LogP contribution in [0, 0.1) is 6.92 Å². The fourth-order valence-electron chi connectivity index (χ4n) is 2.81. The number of hydrogen-bond donors (Lipinski definition) is 0. The molecule has 1 aliphatic heterocycles. The quantitative estimate of drug-likeness (QED) is 0.862. The van der Waals surface area contributed by atoms with E-state index >= 15 is 0 Å². The zero-order valence-corrected chi connectivity index (χ0v) is 13.8. The average Bonchev–Trinajstić information content (AvgIpc) is 2.62. The summed E-state index contributed by atoms with van der Waals surface area (Å²) in [6.45, 7) is 5.76. The molecule has 0 bridgehead atoms. The van der Waals surface area contributed by atoms with Crippen molar-refractivity contribution in [3.8, 4) is 11.8 Å². The third-order valence-electron chi connectivity index (χ3n) is 4.10. The predicted octanol–water partition coefficient (Wildman–Crippen LogP) is 2.13. The fraction of sp³-hybridized carbons (Fsp3) is 0.412. The lowest BCUT2D eigenvalue weighted by Gasteiger charge is -2.36. The number of hydrogen-bond acceptors (Lipinski definition) is 6. The van der Waals surface area contributed by atoms with Crippen LogP contribution < -0.4 is 19.3 Å². The first kappa shape index (κ1) is 15.4. The molecule has 2 aromatic rings. The number of aryl methyl sites for hydroxylation is 1. The molecular weight excluding hydrogens is 292 g/mol. The summed E-state index contributed by atoms with van der Waals surface area (Å²) in [4.78, 5) is 13.4. The summed E-state index contributed by atoms with van der Waals surface area (Å²) in [6, 6.07) is 10.2. The maximum Gasteiger partial charge on any atom is 0.232 e. The molecular formula is C17H22N4O2. The molecule has 23 heavy (non-hydrogen) atoms. The fourth-order valence-corrected chi connectivity index (χ4v) is 2.81. The Labute approximate surface area is 136 Å². The van der Waals surface area contributed by atoms with Gasteiger partial charge in [-0.25, -0.2) is 0 Å². The van der Waals surface area contributed by atoms with E-state index in [2.05, 4.69) is 51.0 Å². The van der Waals surface area contributed by atoms with Gasteiger partial charge in [0, 0.05) is 31.9 Å². The molecule has 0 amide bonds. The molecule has 6 heteroatoms. The van der Waals surface area contributed by atoms with Gasteiger partial charge in [-0.3, -0.25) is 0 Å². The van der Waals surface area contributed by atoms with E-state index in [0.717, 1.165) is 26.2 Å². The summed E-state index contributed by atoms with van der Waals surface area (Å²) >= 11 is 0. The monoisotopic (exact) mass is 314 g/mol. The van der Waals surface area contributed by atoms with Crippen LogP contribution in [0.2, 0.25) is 0 Å². The molecule has 0 spiro atoms. The Morgan fingerprint density at radius 3 is 2.00 bits per heavy atom. The van der Waals surface area contributed by atoms with Crippen molar-refractivity contribution in [2.75, 3.05) is 50.2 Å². The number of anilines is 2. The van der Waals surface area contributed by atoms with Crippen LogP contribution in [0.1, 0.15) is 5.56 Å². The van der Waals surface area contributed by atoms with Crippen molar-refractivity contribution in [2.24, 2.45) is 0 Å². The van der Waals surface area contributed by atoms with Gasteiger partial charge in [-0.15, -0.1) is 0 Å². The molecule has 1 aromatic heterocycles. The summed E-state index contributed by atoms with van der Waals surface area (Å²) < 4.78 is 10.5. The lowest BCUT2D eigenvalue weighted by molar-refractivity contribution is 0.371. The second-order valence-corrected chi connectivity index (χ2v) is 5.51. The zero-order chi connectivity index (χ0) is 16.2. The SMILES string of the molecule is COc1cc(OC)nc(N2CCN(c3ccccc3C)CC2)n1. The number of piperazine rings is 1. The minimum Gasteiger partial charge on any atom is -0.481 e. The highest BCUT2D eigenvalue weighted by molar-refractivity contribution is 5.54. The van der Waals surface area contributed by atoms with Crippen molar-refractivity contribution in [3.05, 3.63) is 35.9 Å². The van der Waals surface area contributed by atoms with E-state index in [-0.39, 0.29) is 0 Å². The van der Waals surface area contributed by atoms with Gasteiger partial charge in [0.2, 0.25) is 17.7 Å². The van der Waals surface area contributed by atoms with E-state index in [9.17, 15) is 0 Å². The highest BCUT2D eigenvalue weighted by atomic mass is 16.5. The molecule has 0 atom stereocenters. The van der Waals surface area contributed by atoms with Gasteiger partial charge in [0.25, 0.3) is 0 Å². The van der Waals surface area contributed by atoms with Crippen molar-refractivity contribution in [3.63, 3.8) is 0 Å². The van der Waals surface area contributed by atoms with Crippen LogP contribution >= 0.6 is 0 Å². The minimum absolute atomic E-state index is 0.521. The highest BCUT2D eigenvalue weighted by Gasteiger charge is 2.21. The van der Waals surface area contributed by atoms with Gasteiger partial charge < -0.3 is 19.3 Å². The van der Waals surface area contributed by atoms with E-state index in [1.807, 2.05) is 0 Å². The van der Waals surface area contributed by atoms with Crippen LogP contribution in [-0.4, -0.2) is 50.4 Å². The molecule has 0 unspecified atom stereocenters. The third-order valence-corrected chi connectivity index (χ3v) is 4.10. The van der Waals surface area contributed by atoms with Crippen LogP contribution in [0.25, 0.3) is 0 Å². The number of methoxy groups -OCH3 is 2. The van der Waals surface area contributed by atoms with E-state index in [1.165, 1.54) is 11.3 Å². The van der Waals surface area contributed by atoms with Crippen LogP contribution in [0.5, 0.6) is 11.8 Å². The minimum atomic E-state index is 0.521. The second kappa shape index (κ2) is 6.73. The molecule has 3 rings (SSSR count). The molecule has 2 heterocycles. The van der Waals surface area contributed by atoms with Gasteiger partial charge in [0.15, 0.2) is 0 Å². The summed E-state index contributed by atoms with van der Waals surface area (Å²) in [5, 5.41) is 0. The largest absolute Gasteiger partial charge is 0.481 e. The zero-order valence-electron chi connectivity index (χ0n) is 13.8. The van der Waals surface area contributed by atoms with Crippen molar-refractivity contribution >= 4 is 11.6 Å². The molecule has 0 saturated carbocycles. The first-order chi connectivity index (χ1) is 11.2. The van der Waals surface area contributed by atoms with E-state index in [4.69, 9.17) is 9.47 Å². The average molecular weight is 314 g/mol. The molecule has 0 radical (unpaired) electrons. The highest BCUT2D eigenvalue weighted by Crippen LogP contribution is 2.24. The molecule has 6 nitrogen and oxygen atoms in total. The first-order valence-corrected chi connectivity index (χ1v) is 7.74. The second-order valence-electron chi connectivity index (χ2n) is 5.51. The molecule has 0 N–H and O–H groups in total. The van der Waals surface area contributed by atoms with Crippen LogP contribution in [0.4, 0.5) is 11.6 Å². The Bertz CT molecular complexity index is 647. The van der Waals surface area contributed by atoms with Gasteiger partial charge in [-0.05, 0) is 18.6 Å². The number of nitrogens with zero attached hydrogens (tertiary/aromatic N) is 4. The van der Waals surface area contributed by atoms with Gasteiger partial charge in [-0.2, -0.15) is 9.97 Å². The Balaban J connectivity index is 1.73. The summed E-state index contributed by atoms with van der Waals surface area (Å²) in [5.41, 5.74) is 2.61. The predicted molar refractivity (Wildman–Crippen MR) is 90.7 cm³/mol. The third kappa shape index (κ3) is 3.31. The number of para-hydroxylation sites is 1. The maximum atomic E-state index is 5.23. The number of ether oxygens (including phenoxy) is 2. The summed E-state index contributed by atoms with van der Waals surface area (Å²) in [7, 11) is 3.20. The van der Waals surface area contributed by atoms with Gasteiger partial charge in [0.05, 0.1) is 20.3 Å². The lowest BCUT2D eigenvalue weighted by Crippen LogP contribution is -2.47. The van der Waals surface area contributed by atoms with Crippen LogP contribution in [-0.2, 0) is 0 Å². The Morgan fingerprint density at radius 1 is 0.870 bits per heavy atom. The Morgan fingerprint density at radius 2 is 1.43 bits per heavy atom. The molecule has 1 fully saturated rings. The van der Waals surface area contributed by atoms with E-state index in [1.54, 1.807) is 20.3 Å². The standard InChI is InChI=1S/C17H22N4O2/c1-13-6-4-5-7-14(13)20-8-10-21(11-9-20)17-18-15(22-2)12-16(19-17)23-3/h4-7,12H,8-11H2,1-3H3. The van der Waals surface area contributed by atoms with Gasteiger partial charge >= 0.3 is 0 Å². The molecule has 122 valence electrons. The molecule has 1 aromatic carbocycles. The molecule has 1 aliphatic rings. The van der Waals surface area contributed by atoms with E-state index in [0.29, 0.717) is 17.7 Å². The Kier molecular flexibility index (Phi) is 4.50. The smallest absolute Gasteiger partial charge is 0.232 e. The number of rotatable bonds is 4. The summed E-state index contributed by atoms with van der Waals surface area (Å²) in [5.74, 6) is 1.70. The van der Waals surface area contributed by atoms with E-state index < -0.39 is 0 Å². The summed E-state index contributed by atoms with van der Waals surface area (Å²) in [6.07, 6.45) is 0. The topological polar surface area (TPSA) is 50.7 Å². The molecule has 1 saturated heterocycles. The van der Waals surface area contributed by atoms with Crippen molar-refractivity contribution in [1.82, 2.24) is 9.97 Å². The number of benzene rings is 1. The molecule has 0 aliphatic carbocycles. The van der Waals surface area contributed by atoms with Crippen LogP contribution in [0.3, 0.4) is 0 Å². The Hall–Kier alpha value is -2.50. The first-order valence-electron chi connectivity index (χ1n) is 7.74. The van der Waals surface area contributed by atoms with Crippen molar-refractivity contribution < 1.29 is 9.47 Å². The lowest BCUT2D eigenvalue weighted by atomic mass is 10.1. The van der Waals surface area contributed by atoms with Gasteiger partial charge in [0.1, 0.15) is 0 Å².